The largest absolute Gasteiger partial charge is 0.478 e. The Balaban J connectivity index is 1.61. The third kappa shape index (κ3) is 2.40. The van der Waals surface area contributed by atoms with Crippen LogP contribution in [0.15, 0.2) is 47.1 Å². The van der Waals surface area contributed by atoms with Gasteiger partial charge in [0, 0.05) is 24.6 Å². The highest BCUT2D eigenvalue weighted by Crippen LogP contribution is 2.46. The van der Waals surface area contributed by atoms with Gasteiger partial charge in [-0.05, 0) is 24.3 Å². The van der Waals surface area contributed by atoms with Crippen molar-refractivity contribution in [2.75, 3.05) is 6.54 Å². The van der Waals surface area contributed by atoms with Crippen molar-refractivity contribution in [3.8, 4) is 0 Å². The summed E-state index contributed by atoms with van der Waals surface area (Å²) in [5.41, 5.74) is 1.29. The average Bonchev–Trinajstić information content (AvgIpc) is 3.31. The molecule has 2 aliphatic rings. The highest BCUT2D eigenvalue weighted by atomic mass is 16.4. The maximum absolute atomic E-state index is 12.8. The number of nitrogens with zero attached hydrogens (tertiary/aromatic N) is 1. The number of carboxylic acid groups (broad SMARTS) is 1. The molecule has 124 valence electrons. The Bertz CT molecular complexity index is 767. The molecule has 1 amide bonds. The number of hydrogen-bond donors (Lipinski definition) is 1. The fourth-order valence-corrected chi connectivity index (χ4v) is 4.30. The van der Waals surface area contributed by atoms with Gasteiger partial charge in [-0.15, -0.1) is 0 Å². The van der Waals surface area contributed by atoms with Crippen LogP contribution < -0.4 is 0 Å². The Morgan fingerprint density at radius 2 is 1.96 bits per heavy atom. The zero-order valence-electron chi connectivity index (χ0n) is 13.2. The lowest BCUT2D eigenvalue weighted by Gasteiger charge is -2.22. The van der Waals surface area contributed by atoms with E-state index in [2.05, 4.69) is 12.1 Å². The number of aromatic carboxylic acids is 1. The lowest BCUT2D eigenvalue weighted by Crippen LogP contribution is -2.35. The number of carbonyl (C=O) groups excluding carboxylic acids is 1. The van der Waals surface area contributed by atoms with Gasteiger partial charge in [-0.1, -0.05) is 36.8 Å². The molecule has 2 heterocycles. The van der Waals surface area contributed by atoms with E-state index in [0.29, 0.717) is 18.4 Å². The monoisotopic (exact) mass is 325 g/mol. The topological polar surface area (TPSA) is 70.7 Å². The van der Waals surface area contributed by atoms with Gasteiger partial charge in [-0.2, -0.15) is 0 Å². The minimum atomic E-state index is -1.08. The molecule has 5 heteroatoms. The van der Waals surface area contributed by atoms with E-state index in [4.69, 9.17) is 9.52 Å². The van der Waals surface area contributed by atoms with E-state index >= 15 is 0 Å². The second-order valence-electron chi connectivity index (χ2n) is 6.64. The molecule has 0 bridgehead atoms. The normalized spacial score (nSPS) is 25.7. The Kier molecular flexibility index (Phi) is 3.63. The number of benzene rings is 1. The molecular formula is C19H19NO4. The van der Waals surface area contributed by atoms with Crippen molar-refractivity contribution in [1.29, 1.82) is 0 Å². The maximum Gasteiger partial charge on any atom is 0.338 e. The summed E-state index contributed by atoms with van der Waals surface area (Å²) in [6, 6.07) is 11.9. The summed E-state index contributed by atoms with van der Waals surface area (Å²) < 4.78 is 5.22. The van der Waals surface area contributed by atoms with E-state index < -0.39 is 5.97 Å². The molecule has 1 saturated heterocycles. The van der Waals surface area contributed by atoms with Gasteiger partial charge in [0.2, 0.25) is 0 Å². The van der Waals surface area contributed by atoms with Crippen molar-refractivity contribution >= 4 is 11.9 Å². The SMILES string of the molecule is O=C(O)c1coc(C(=O)N2CC(c3ccccc3)C3CCCC32)c1. The predicted molar refractivity (Wildman–Crippen MR) is 87.0 cm³/mol. The molecule has 3 atom stereocenters. The minimum Gasteiger partial charge on any atom is -0.478 e. The smallest absolute Gasteiger partial charge is 0.338 e. The van der Waals surface area contributed by atoms with Crippen molar-refractivity contribution in [3.05, 3.63) is 59.5 Å². The summed E-state index contributed by atoms with van der Waals surface area (Å²) >= 11 is 0. The van der Waals surface area contributed by atoms with Crippen molar-refractivity contribution in [1.82, 2.24) is 4.90 Å². The Morgan fingerprint density at radius 3 is 2.67 bits per heavy atom. The zero-order valence-corrected chi connectivity index (χ0v) is 13.2. The number of furan rings is 1. The number of likely N-dealkylation sites (tertiary alicyclic amines) is 1. The van der Waals surface area contributed by atoms with Crippen molar-refractivity contribution in [3.63, 3.8) is 0 Å². The van der Waals surface area contributed by atoms with Crippen LogP contribution in [0.5, 0.6) is 0 Å². The predicted octanol–water partition coefficient (Wildman–Crippen LogP) is 3.39. The Hall–Kier alpha value is -2.56. The quantitative estimate of drug-likeness (QED) is 0.939. The third-order valence-corrected chi connectivity index (χ3v) is 5.39. The molecule has 2 aromatic rings. The fourth-order valence-electron chi connectivity index (χ4n) is 4.30. The fraction of sp³-hybridized carbons (Fsp3) is 0.368. The number of hydrogen-bond acceptors (Lipinski definition) is 3. The highest BCUT2D eigenvalue weighted by molar-refractivity contribution is 5.95. The molecule has 3 unspecified atom stereocenters. The molecule has 0 radical (unpaired) electrons. The van der Waals surface area contributed by atoms with Crippen molar-refractivity contribution in [2.24, 2.45) is 5.92 Å². The van der Waals surface area contributed by atoms with Gasteiger partial charge in [0.1, 0.15) is 6.26 Å². The number of carboxylic acids is 1. The first-order valence-corrected chi connectivity index (χ1v) is 8.33. The summed E-state index contributed by atoms with van der Waals surface area (Å²) in [5.74, 6) is -0.341. The lowest BCUT2D eigenvalue weighted by atomic mass is 9.87. The highest BCUT2D eigenvalue weighted by Gasteiger charge is 2.47. The lowest BCUT2D eigenvalue weighted by molar-refractivity contribution is 0.0687. The molecule has 1 aromatic heterocycles. The van der Waals surface area contributed by atoms with Crippen molar-refractivity contribution in [2.45, 2.75) is 31.2 Å². The second kappa shape index (κ2) is 5.82. The van der Waals surface area contributed by atoms with Crippen LogP contribution in [-0.4, -0.2) is 34.5 Å². The van der Waals surface area contributed by atoms with Gasteiger partial charge in [-0.25, -0.2) is 4.79 Å². The molecule has 1 aliphatic heterocycles. The van der Waals surface area contributed by atoms with Crippen LogP contribution >= 0.6 is 0 Å². The van der Waals surface area contributed by atoms with Gasteiger partial charge in [-0.3, -0.25) is 4.79 Å². The summed E-state index contributed by atoms with van der Waals surface area (Å²) in [6.45, 7) is 0.668. The minimum absolute atomic E-state index is 0.0140. The van der Waals surface area contributed by atoms with Gasteiger partial charge < -0.3 is 14.4 Å². The first-order valence-electron chi connectivity index (χ1n) is 8.33. The van der Waals surface area contributed by atoms with Gasteiger partial charge in [0.15, 0.2) is 5.76 Å². The average molecular weight is 325 g/mol. The van der Waals surface area contributed by atoms with E-state index in [1.165, 1.54) is 11.6 Å². The first-order chi connectivity index (χ1) is 11.6. The van der Waals surface area contributed by atoms with Crippen LogP contribution in [-0.2, 0) is 0 Å². The molecule has 5 nitrogen and oxygen atoms in total. The number of fused-ring (bicyclic) bond motifs is 1. The molecule has 1 aromatic carbocycles. The molecule has 1 saturated carbocycles. The van der Waals surface area contributed by atoms with Gasteiger partial charge in [0.05, 0.1) is 5.56 Å². The standard InChI is InChI=1S/C19H19NO4/c21-18(17-9-13(11-24-17)19(22)23)20-10-15(12-5-2-1-3-6-12)14-7-4-8-16(14)20/h1-3,5-6,9,11,14-16H,4,7-8,10H2,(H,22,23). The van der Waals surface area contributed by atoms with Crippen LogP contribution in [0.25, 0.3) is 0 Å². The zero-order chi connectivity index (χ0) is 16.7. The summed E-state index contributed by atoms with van der Waals surface area (Å²) in [7, 11) is 0. The maximum atomic E-state index is 12.8. The number of rotatable bonds is 3. The van der Waals surface area contributed by atoms with E-state index in [1.807, 2.05) is 23.1 Å². The van der Waals surface area contributed by atoms with E-state index in [1.54, 1.807) is 0 Å². The second-order valence-corrected chi connectivity index (χ2v) is 6.64. The van der Waals surface area contributed by atoms with Crippen LogP contribution in [0.2, 0.25) is 0 Å². The van der Waals surface area contributed by atoms with Crippen LogP contribution in [0, 0.1) is 5.92 Å². The molecule has 1 N–H and O–H groups in total. The van der Waals surface area contributed by atoms with E-state index in [-0.39, 0.29) is 23.3 Å². The summed E-state index contributed by atoms with van der Waals surface area (Å²) in [6.07, 6.45) is 4.40. The third-order valence-electron chi connectivity index (χ3n) is 5.39. The Morgan fingerprint density at radius 1 is 1.17 bits per heavy atom. The Labute approximate surface area is 139 Å². The van der Waals surface area contributed by atoms with Gasteiger partial charge >= 0.3 is 5.97 Å². The molecule has 0 spiro atoms. The van der Waals surface area contributed by atoms with Crippen LogP contribution in [0.4, 0.5) is 0 Å². The first kappa shape index (κ1) is 15.0. The van der Waals surface area contributed by atoms with Crippen molar-refractivity contribution < 1.29 is 19.1 Å². The van der Waals surface area contributed by atoms with Gasteiger partial charge in [0.25, 0.3) is 5.91 Å². The van der Waals surface area contributed by atoms with E-state index in [9.17, 15) is 9.59 Å². The molecular weight excluding hydrogens is 306 g/mol. The molecule has 24 heavy (non-hydrogen) atoms. The van der Waals surface area contributed by atoms with E-state index in [0.717, 1.165) is 25.5 Å². The summed E-state index contributed by atoms with van der Waals surface area (Å²) in [4.78, 5) is 25.7. The number of carbonyl (C=O) groups is 2. The van der Waals surface area contributed by atoms with Crippen LogP contribution in [0.1, 0.15) is 51.7 Å². The molecule has 1 aliphatic carbocycles. The summed E-state index contributed by atoms with van der Waals surface area (Å²) in [5, 5.41) is 9.00. The molecule has 4 rings (SSSR count). The van der Waals surface area contributed by atoms with Crippen LogP contribution in [0.3, 0.4) is 0 Å². The molecule has 2 fully saturated rings. The number of amides is 1.